The monoisotopic (exact) mass is 353 g/mol. The van der Waals surface area contributed by atoms with Crippen molar-refractivity contribution in [1.82, 2.24) is 19.7 Å². The minimum absolute atomic E-state index is 0.0629. The lowest BCUT2D eigenvalue weighted by Gasteiger charge is -2.39. The first-order valence-electron chi connectivity index (χ1n) is 8.27. The number of anilines is 1. The zero-order chi connectivity index (χ0) is 17.4. The Morgan fingerprint density at radius 1 is 1.24 bits per heavy atom. The Kier molecular flexibility index (Phi) is 4.09. The van der Waals surface area contributed by atoms with Gasteiger partial charge in [0.25, 0.3) is 5.56 Å². The molecule has 25 heavy (non-hydrogen) atoms. The molecule has 6 nitrogen and oxygen atoms in total. The predicted molar refractivity (Wildman–Crippen MR) is 99.0 cm³/mol. The summed E-state index contributed by atoms with van der Waals surface area (Å²) in [6.07, 6.45) is 3.49. The molecule has 0 spiro atoms. The standard InChI is InChI=1S/C18H19N5OS/c1-12-13(2)25-18(20-12)22-9-14(10-22)11-23-17(24)6-5-16(21-23)15-4-3-7-19-8-15/h3-8,14H,9-11H2,1-2H3. The third-order valence-corrected chi connectivity index (χ3v) is 5.63. The van der Waals surface area contributed by atoms with Crippen LogP contribution in [-0.4, -0.2) is 32.8 Å². The Morgan fingerprint density at radius 2 is 2.08 bits per heavy atom. The van der Waals surface area contributed by atoms with Crippen LogP contribution in [0.15, 0.2) is 41.5 Å². The van der Waals surface area contributed by atoms with E-state index in [1.165, 1.54) is 4.88 Å². The van der Waals surface area contributed by atoms with Crippen molar-refractivity contribution in [2.24, 2.45) is 5.92 Å². The van der Waals surface area contributed by atoms with Crippen molar-refractivity contribution in [2.75, 3.05) is 18.0 Å². The van der Waals surface area contributed by atoms with E-state index in [0.29, 0.717) is 12.5 Å². The van der Waals surface area contributed by atoms with Gasteiger partial charge in [0.2, 0.25) is 0 Å². The second-order valence-corrected chi connectivity index (χ2v) is 7.57. The van der Waals surface area contributed by atoms with Crippen LogP contribution in [0.3, 0.4) is 0 Å². The van der Waals surface area contributed by atoms with Crippen molar-refractivity contribution in [3.8, 4) is 11.3 Å². The number of thiazole rings is 1. The SMILES string of the molecule is Cc1nc(N2CC(Cn3nc(-c4cccnc4)ccc3=O)C2)sc1C. The number of pyridine rings is 1. The summed E-state index contributed by atoms with van der Waals surface area (Å²) < 4.78 is 1.57. The van der Waals surface area contributed by atoms with Crippen LogP contribution in [0.4, 0.5) is 5.13 Å². The predicted octanol–water partition coefficient (Wildman–Crippen LogP) is 2.52. The summed E-state index contributed by atoms with van der Waals surface area (Å²) >= 11 is 1.73. The van der Waals surface area contributed by atoms with Gasteiger partial charge in [-0.25, -0.2) is 9.67 Å². The normalized spacial score (nSPS) is 14.6. The first-order valence-corrected chi connectivity index (χ1v) is 9.09. The van der Waals surface area contributed by atoms with Gasteiger partial charge < -0.3 is 4.90 Å². The Balaban J connectivity index is 1.46. The molecular formula is C18H19N5OS. The summed E-state index contributed by atoms with van der Waals surface area (Å²) in [4.78, 5) is 24.4. The lowest BCUT2D eigenvalue weighted by atomic mass is 10.0. The quantitative estimate of drug-likeness (QED) is 0.721. The van der Waals surface area contributed by atoms with Gasteiger partial charge in [-0.2, -0.15) is 5.10 Å². The fourth-order valence-corrected chi connectivity index (χ4v) is 3.85. The number of aryl methyl sites for hydroxylation is 2. The first-order chi connectivity index (χ1) is 12.1. The molecule has 0 aliphatic carbocycles. The molecule has 1 fully saturated rings. The molecule has 4 heterocycles. The van der Waals surface area contributed by atoms with Crippen molar-refractivity contribution >= 4 is 16.5 Å². The fraction of sp³-hybridized carbons (Fsp3) is 0.333. The summed E-state index contributed by atoms with van der Waals surface area (Å²) in [5.74, 6) is 0.416. The second kappa shape index (κ2) is 6.40. The van der Waals surface area contributed by atoms with Crippen LogP contribution in [0.2, 0.25) is 0 Å². The average Bonchev–Trinajstić information content (AvgIpc) is 2.91. The topological polar surface area (TPSA) is 63.9 Å². The maximum Gasteiger partial charge on any atom is 0.266 e. The van der Waals surface area contributed by atoms with E-state index < -0.39 is 0 Å². The van der Waals surface area contributed by atoms with E-state index in [1.54, 1.807) is 40.5 Å². The van der Waals surface area contributed by atoms with Gasteiger partial charge in [0.1, 0.15) is 0 Å². The van der Waals surface area contributed by atoms with Gasteiger partial charge in [-0.1, -0.05) is 0 Å². The summed E-state index contributed by atoms with van der Waals surface area (Å²) in [6.45, 7) is 6.60. The van der Waals surface area contributed by atoms with Crippen molar-refractivity contribution < 1.29 is 0 Å². The van der Waals surface area contributed by atoms with Gasteiger partial charge >= 0.3 is 0 Å². The fourth-order valence-electron chi connectivity index (χ4n) is 2.93. The van der Waals surface area contributed by atoms with Crippen LogP contribution >= 0.6 is 11.3 Å². The molecule has 0 radical (unpaired) electrons. The Labute approximate surface area is 149 Å². The lowest BCUT2D eigenvalue weighted by Crippen LogP contribution is -2.49. The van der Waals surface area contributed by atoms with Crippen LogP contribution in [-0.2, 0) is 6.54 Å². The third kappa shape index (κ3) is 3.19. The zero-order valence-corrected chi connectivity index (χ0v) is 15.0. The Morgan fingerprint density at radius 3 is 2.76 bits per heavy atom. The minimum Gasteiger partial charge on any atom is -0.347 e. The van der Waals surface area contributed by atoms with E-state index in [4.69, 9.17) is 0 Å². The molecule has 1 aliphatic rings. The molecule has 3 aromatic heterocycles. The smallest absolute Gasteiger partial charge is 0.266 e. The van der Waals surface area contributed by atoms with Crippen LogP contribution in [0.5, 0.6) is 0 Å². The summed E-state index contributed by atoms with van der Waals surface area (Å²) in [7, 11) is 0. The van der Waals surface area contributed by atoms with Crippen molar-refractivity contribution in [3.05, 3.63) is 57.6 Å². The highest BCUT2D eigenvalue weighted by Crippen LogP contribution is 2.31. The van der Waals surface area contributed by atoms with Crippen molar-refractivity contribution in [3.63, 3.8) is 0 Å². The lowest BCUT2D eigenvalue weighted by molar-refractivity contribution is 0.335. The summed E-state index contributed by atoms with van der Waals surface area (Å²) in [5.41, 5.74) is 2.73. The Hall–Kier alpha value is -2.54. The number of rotatable bonds is 4. The van der Waals surface area contributed by atoms with Crippen molar-refractivity contribution in [1.29, 1.82) is 0 Å². The molecule has 1 aliphatic heterocycles. The van der Waals surface area contributed by atoms with Crippen LogP contribution < -0.4 is 10.5 Å². The maximum absolute atomic E-state index is 12.1. The minimum atomic E-state index is -0.0629. The van der Waals surface area contributed by atoms with E-state index >= 15 is 0 Å². The highest BCUT2D eigenvalue weighted by molar-refractivity contribution is 7.15. The molecule has 0 aromatic carbocycles. The molecule has 0 N–H and O–H groups in total. The molecule has 7 heteroatoms. The van der Waals surface area contributed by atoms with Gasteiger partial charge in [-0.15, -0.1) is 11.3 Å². The van der Waals surface area contributed by atoms with Crippen LogP contribution in [0, 0.1) is 19.8 Å². The van der Waals surface area contributed by atoms with Gasteiger partial charge in [0, 0.05) is 47.9 Å². The van der Waals surface area contributed by atoms with E-state index in [9.17, 15) is 4.79 Å². The van der Waals surface area contributed by atoms with Crippen molar-refractivity contribution in [2.45, 2.75) is 20.4 Å². The zero-order valence-electron chi connectivity index (χ0n) is 14.2. The van der Waals surface area contributed by atoms with Gasteiger partial charge in [-0.3, -0.25) is 9.78 Å². The molecule has 1 saturated heterocycles. The van der Waals surface area contributed by atoms with Crippen LogP contribution in [0.1, 0.15) is 10.6 Å². The number of hydrogen-bond donors (Lipinski definition) is 0. The van der Waals surface area contributed by atoms with E-state index in [0.717, 1.165) is 35.2 Å². The van der Waals surface area contributed by atoms with Gasteiger partial charge in [-0.05, 0) is 32.0 Å². The molecule has 0 bridgehead atoms. The number of nitrogens with zero attached hydrogens (tertiary/aromatic N) is 5. The molecule has 0 amide bonds. The van der Waals surface area contributed by atoms with Crippen LogP contribution in [0.25, 0.3) is 11.3 Å². The highest BCUT2D eigenvalue weighted by Gasteiger charge is 2.30. The molecule has 0 saturated carbocycles. The average molecular weight is 353 g/mol. The second-order valence-electron chi connectivity index (χ2n) is 6.39. The maximum atomic E-state index is 12.1. The first kappa shape index (κ1) is 16.0. The highest BCUT2D eigenvalue weighted by atomic mass is 32.1. The molecule has 4 rings (SSSR count). The van der Waals surface area contributed by atoms with Gasteiger partial charge in [0.15, 0.2) is 5.13 Å². The largest absolute Gasteiger partial charge is 0.347 e. The molecule has 0 unspecified atom stereocenters. The Bertz CT molecular complexity index is 924. The van der Waals surface area contributed by atoms with Gasteiger partial charge in [0.05, 0.1) is 17.9 Å². The van der Waals surface area contributed by atoms with E-state index in [-0.39, 0.29) is 5.56 Å². The van der Waals surface area contributed by atoms with E-state index in [2.05, 4.69) is 26.9 Å². The third-order valence-electron chi connectivity index (χ3n) is 4.50. The molecule has 0 atom stereocenters. The van der Waals surface area contributed by atoms with E-state index in [1.807, 2.05) is 19.1 Å². The summed E-state index contributed by atoms with van der Waals surface area (Å²) in [5, 5.41) is 5.59. The molecular weight excluding hydrogens is 334 g/mol. The number of aromatic nitrogens is 4. The molecule has 3 aromatic rings. The number of hydrogen-bond acceptors (Lipinski definition) is 6. The molecule has 128 valence electrons. The summed E-state index contributed by atoms with van der Waals surface area (Å²) in [6, 6.07) is 7.15.